The van der Waals surface area contributed by atoms with Crippen molar-refractivity contribution in [2.75, 3.05) is 5.73 Å². The predicted molar refractivity (Wildman–Crippen MR) is 50.0 cm³/mol. The second-order valence-corrected chi connectivity index (χ2v) is 3.48. The Bertz CT molecular complexity index is 328. The van der Waals surface area contributed by atoms with Gasteiger partial charge in [-0.25, -0.2) is 0 Å². The van der Waals surface area contributed by atoms with E-state index in [0.29, 0.717) is 10.0 Å². The van der Waals surface area contributed by atoms with Gasteiger partial charge in [-0.05, 0) is 34.5 Å². The topological polar surface area (TPSA) is 35.2 Å². The minimum atomic E-state index is -4.69. The number of aryl methyl sites for hydroxylation is 1. The summed E-state index contributed by atoms with van der Waals surface area (Å²) in [7, 11) is 0. The van der Waals surface area contributed by atoms with Crippen LogP contribution in [0, 0.1) is 6.92 Å². The summed E-state index contributed by atoms with van der Waals surface area (Å²) < 4.78 is 39.8. The Balaban J connectivity index is 3.02. The van der Waals surface area contributed by atoms with Gasteiger partial charge in [-0.2, -0.15) is 0 Å². The summed E-state index contributed by atoms with van der Waals surface area (Å²) in [6.07, 6.45) is -4.69. The minimum absolute atomic E-state index is 0.212. The van der Waals surface area contributed by atoms with Crippen molar-refractivity contribution in [3.63, 3.8) is 0 Å². The molecule has 0 heterocycles. The molecule has 0 spiro atoms. The molecule has 0 atom stereocenters. The normalized spacial score (nSPS) is 11.5. The molecular formula is C8H7BrF3NO. The molecule has 0 bridgehead atoms. The van der Waals surface area contributed by atoms with Crippen molar-refractivity contribution in [2.45, 2.75) is 13.3 Å². The van der Waals surface area contributed by atoms with Crippen molar-refractivity contribution in [3.05, 3.63) is 22.2 Å². The van der Waals surface area contributed by atoms with Gasteiger partial charge in [0, 0.05) is 16.2 Å². The summed E-state index contributed by atoms with van der Waals surface area (Å²) in [6.45, 7) is 1.63. The molecule has 78 valence electrons. The maximum absolute atomic E-state index is 11.8. The van der Waals surface area contributed by atoms with Crippen LogP contribution in [-0.4, -0.2) is 6.36 Å². The predicted octanol–water partition coefficient (Wildman–Crippen LogP) is 3.24. The molecule has 14 heavy (non-hydrogen) atoms. The molecular weight excluding hydrogens is 263 g/mol. The fourth-order valence-electron chi connectivity index (χ4n) is 0.955. The molecule has 6 heteroatoms. The van der Waals surface area contributed by atoms with E-state index >= 15 is 0 Å². The molecule has 0 saturated carbocycles. The second kappa shape index (κ2) is 3.68. The molecule has 0 saturated heterocycles. The summed E-state index contributed by atoms with van der Waals surface area (Å²) in [4.78, 5) is 0. The van der Waals surface area contributed by atoms with Crippen LogP contribution < -0.4 is 10.5 Å². The van der Waals surface area contributed by atoms with Gasteiger partial charge >= 0.3 is 6.36 Å². The number of alkyl halides is 3. The lowest BCUT2D eigenvalue weighted by Crippen LogP contribution is -2.17. The highest BCUT2D eigenvalue weighted by Gasteiger charge is 2.31. The molecule has 0 aromatic heterocycles. The third-order valence-corrected chi connectivity index (χ3v) is 2.57. The van der Waals surface area contributed by atoms with Crippen LogP contribution >= 0.6 is 15.9 Å². The average Bonchev–Trinajstić information content (AvgIpc) is 1.96. The van der Waals surface area contributed by atoms with Gasteiger partial charge in [0.25, 0.3) is 0 Å². The van der Waals surface area contributed by atoms with Crippen LogP contribution in [0.25, 0.3) is 0 Å². The number of ether oxygens (including phenoxy) is 1. The number of rotatable bonds is 1. The number of nitrogens with two attached hydrogens (primary N) is 1. The van der Waals surface area contributed by atoms with Crippen molar-refractivity contribution < 1.29 is 17.9 Å². The Labute approximate surface area is 87.0 Å². The summed E-state index contributed by atoms with van der Waals surface area (Å²) >= 11 is 3.13. The Kier molecular flexibility index (Phi) is 2.94. The molecule has 0 aliphatic heterocycles. The van der Waals surface area contributed by atoms with Gasteiger partial charge < -0.3 is 10.5 Å². The zero-order valence-corrected chi connectivity index (χ0v) is 8.74. The van der Waals surface area contributed by atoms with Crippen molar-refractivity contribution in [1.82, 2.24) is 0 Å². The number of benzene rings is 1. The van der Waals surface area contributed by atoms with E-state index in [1.807, 2.05) is 0 Å². The molecule has 0 aliphatic carbocycles. The van der Waals surface area contributed by atoms with Crippen LogP contribution in [0.2, 0.25) is 0 Å². The van der Waals surface area contributed by atoms with Gasteiger partial charge in [0.1, 0.15) is 5.75 Å². The first-order valence-electron chi connectivity index (χ1n) is 3.61. The van der Waals surface area contributed by atoms with E-state index in [4.69, 9.17) is 5.73 Å². The second-order valence-electron chi connectivity index (χ2n) is 2.69. The maximum Gasteiger partial charge on any atom is 0.573 e. The minimum Gasteiger partial charge on any atom is -0.406 e. The highest BCUT2D eigenvalue weighted by molar-refractivity contribution is 9.10. The van der Waals surface area contributed by atoms with Crippen molar-refractivity contribution in [1.29, 1.82) is 0 Å². The van der Waals surface area contributed by atoms with Crippen LogP contribution in [0.1, 0.15) is 5.56 Å². The summed E-state index contributed by atoms with van der Waals surface area (Å²) in [5, 5.41) is 0. The molecule has 1 rings (SSSR count). The quantitative estimate of drug-likeness (QED) is 0.795. The standard InChI is InChI=1S/C8H7BrF3NO/c1-4-2-5(14-8(10,11)12)3-6(13)7(4)9/h2-3H,13H2,1H3. The Morgan fingerprint density at radius 2 is 1.93 bits per heavy atom. The van der Waals surface area contributed by atoms with E-state index in [9.17, 15) is 13.2 Å². The van der Waals surface area contributed by atoms with E-state index in [-0.39, 0.29) is 11.4 Å². The molecule has 2 nitrogen and oxygen atoms in total. The van der Waals surface area contributed by atoms with Crippen LogP contribution in [-0.2, 0) is 0 Å². The molecule has 0 fully saturated rings. The van der Waals surface area contributed by atoms with E-state index in [1.54, 1.807) is 6.92 Å². The fourth-order valence-corrected chi connectivity index (χ4v) is 1.18. The first-order chi connectivity index (χ1) is 6.29. The number of hydrogen-bond donors (Lipinski definition) is 1. The smallest absolute Gasteiger partial charge is 0.406 e. The molecule has 1 aromatic rings. The first kappa shape index (κ1) is 11.2. The summed E-state index contributed by atoms with van der Waals surface area (Å²) in [6, 6.07) is 2.37. The number of hydrogen-bond acceptors (Lipinski definition) is 2. The van der Waals surface area contributed by atoms with Gasteiger partial charge in [-0.3, -0.25) is 0 Å². The largest absolute Gasteiger partial charge is 0.573 e. The van der Waals surface area contributed by atoms with Gasteiger partial charge in [0.15, 0.2) is 0 Å². The lowest BCUT2D eigenvalue weighted by Gasteiger charge is -2.11. The summed E-state index contributed by atoms with van der Waals surface area (Å²) in [5.41, 5.74) is 6.25. The van der Waals surface area contributed by atoms with Gasteiger partial charge in [0.2, 0.25) is 0 Å². The Hall–Kier alpha value is -0.910. The van der Waals surface area contributed by atoms with Gasteiger partial charge in [0.05, 0.1) is 0 Å². The Morgan fingerprint density at radius 3 is 2.36 bits per heavy atom. The summed E-state index contributed by atoms with van der Waals surface area (Å²) in [5.74, 6) is -0.310. The highest BCUT2D eigenvalue weighted by Crippen LogP contribution is 2.31. The van der Waals surface area contributed by atoms with Gasteiger partial charge in [-0.1, -0.05) is 0 Å². The van der Waals surface area contributed by atoms with Crippen molar-refractivity contribution in [2.24, 2.45) is 0 Å². The maximum atomic E-state index is 11.8. The average molecular weight is 270 g/mol. The van der Waals surface area contributed by atoms with Crippen molar-refractivity contribution >= 4 is 21.6 Å². The zero-order valence-electron chi connectivity index (χ0n) is 7.15. The van der Waals surface area contributed by atoms with Crippen LogP contribution in [0.15, 0.2) is 16.6 Å². The fraction of sp³-hybridized carbons (Fsp3) is 0.250. The molecule has 0 amide bonds. The molecule has 0 radical (unpaired) electrons. The zero-order chi connectivity index (χ0) is 10.9. The molecule has 1 aromatic carbocycles. The number of anilines is 1. The van der Waals surface area contributed by atoms with Gasteiger partial charge in [-0.15, -0.1) is 13.2 Å². The monoisotopic (exact) mass is 269 g/mol. The lowest BCUT2D eigenvalue weighted by molar-refractivity contribution is -0.274. The number of nitrogen functional groups attached to an aromatic ring is 1. The lowest BCUT2D eigenvalue weighted by atomic mass is 10.2. The van der Waals surface area contributed by atoms with E-state index < -0.39 is 6.36 Å². The Morgan fingerprint density at radius 1 is 1.36 bits per heavy atom. The van der Waals surface area contributed by atoms with Crippen molar-refractivity contribution in [3.8, 4) is 5.75 Å². The SMILES string of the molecule is Cc1cc(OC(F)(F)F)cc(N)c1Br. The van der Waals surface area contributed by atoms with E-state index in [2.05, 4.69) is 20.7 Å². The van der Waals surface area contributed by atoms with Crippen LogP contribution in [0.4, 0.5) is 18.9 Å². The van der Waals surface area contributed by atoms with E-state index in [0.717, 1.165) is 6.07 Å². The van der Waals surface area contributed by atoms with Crippen LogP contribution in [0.5, 0.6) is 5.75 Å². The molecule has 2 N–H and O–H groups in total. The molecule has 0 aliphatic rings. The first-order valence-corrected chi connectivity index (χ1v) is 4.40. The number of halogens is 4. The third kappa shape index (κ3) is 2.80. The third-order valence-electron chi connectivity index (χ3n) is 1.49. The highest BCUT2D eigenvalue weighted by atomic mass is 79.9. The van der Waals surface area contributed by atoms with Crippen LogP contribution in [0.3, 0.4) is 0 Å². The molecule has 0 unspecified atom stereocenters. The van der Waals surface area contributed by atoms with E-state index in [1.165, 1.54) is 6.07 Å².